The largest absolute Gasteiger partial charge is 0.497 e. The highest BCUT2D eigenvalue weighted by molar-refractivity contribution is 5.95. The zero-order valence-electron chi connectivity index (χ0n) is 16.3. The Morgan fingerprint density at radius 2 is 1.71 bits per heavy atom. The van der Waals surface area contributed by atoms with Gasteiger partial charge in [-0.1, -0.05) is 18.2 Å². The number of esters is 1. The fourth-order valence-electron chi connectivity index (χ4n) is 2.54. The van der Waals surface area contributed by atoms with Crippen LogP contribution in [0.4, 0.5) is 5.69 Å². The van der Waals surface area contributed by atoms with Crippen LogP contribution in [0.2, 0.25) is 0 Å². The van der Waals surface area contributed by atoms with Gasteiger partial charge in [0.05, 0.1) is 23.8 Å². The molecule has 0 heterocycles. The van der Waals surface area contributed by atoms with Gasteiger partial charge in [-0.2, -0.15) is 5.10 Å². The van der Waals surface area contributed by atoms with Crippen molar-refractivity contribution in [3.05, 3.63) is 99.6 Å². The summed E-state index contributed by atoms with van der Waals surface area (Å²) in [5.74, 6) is -0.200. The molecule has 3 rings (SSSR count). The summed E-state index contributed by atoms with van der Waals surface area (Å²) >= 11 is 0. The Morgan fingerprint density at radius 3 is 2.42 bits per heavy atom. The first-order valence-electron chi connectivity index (χ1n) is 9.00. The van der Waals surface area contributed by atoms with E-state index < -0.39 is 16.8 Å². The molecular weight excluding hydrogens is 402 g/mol. The van der Waals surface area contributed by atoms with Crippen molar-refractivity contribution in [3.8, 4) is 11.5 Å². The molecule has 0 saturated carbocycles. The molecule has 0 unspecified atom stereocenters. The number of nitro benzene ring substituents is 1. The smallest absolute Gasteiger partial charge is 0.343 e. The molecule has 0 aliphatic heterocycles. The van der Waals surface area contributed by atoms with Gasteiger partial charge in [-0.15, -0.1) is 0 Å². The fraction of sp³-hybridized carbons (Fsp3) is 0.0455. The minimum atomic E-state index is -0.595. The maximum absolute atomic E-state index is 12.3. The van der Waals surface area contributed by atoms with E-state index in [0.29, 0.717) is 22.6 Å². The molecule has 3 aromatic rings. The number of nitro groups is 1. The molecule has 0 radical (unpaired) electrons. The van der Waals surface area contributed by atoms with Crippen molar-refractivity contribution < 1.29 is 24.0 Å². The monoisotopic (exact) mass is 419 g/mol. The highest BCUT2D eigenvalue weighted by atomic mass is 16.6. The number of hydrazone groups is 1. The molecule has 0 aliphatic rings. The summed E-state index contributed by atoms with van der Waals surface area (Å²) in [6, 6.07) is 18.4. The van der Waals surface area contributed by atoms with Crippen LogP contribution in [0.1, 0.15) is 26.3 Å². The highest BCUT2D eigenvalue weighted by Crippen LogP contribution is 2.17. The average Bonchev–Trinajstić information content (AvgIpc) is 2.79. The Kier molecular flexibility index (Phi) is 6.69. The lowest BCUT2D eigenvalue weighted by atomic mass is 10.2. The number of amides is 1. The summed E-state index contributed by atoms with van der Waals surface area (Å²) in [5.41, 5.74) is 3.15. The lowest BCUT2D eigenvalue weighted by Gasteiger charge is -2.06. The SMILES string of the molecule is COc1ccc(C(=O)Oc2cccc(C=NNC(=O)c3cccc([N+](=O)[O-])c3)c2)cc1. The van der Waals surface area contributed by atoms with Crippen molar-refractivity contribution in [2.75, 3.05) is 7.11 Å². The third kappa shape index (κ3) is 5.73. The molecule has 0 bridgehead atoms. The molecule has 0 atom stereocenters. The second-order valence-corrected chi connectivity index (χ2v) is 6.20. The molecule has 0 spiro atoms. The van der Waals surface area contributed by atoms with Crippen LogP contribution >= 0.6 is 0 Å². The first kappa shape index (κ1) is 21.2. The lowest BCUT2D eigenvalue weighted by Crippen LogP contribution is -2.17. The number of carbonyl (C=O) groups excluding carboxylic acids is 2. The van der Waals surface area contributed by atoms with Gasteiger partial charge in [-0.3, -0.25) is 14.9 Å². The van der Waals surface area contributed by atoms with Gasteiger partial charge in [0.2, 0.25) is 0 Å². The van der Waals surface area contributed by atoms with E-state index in [9.17, 15) is 19.7 Å². The minimum Gasteiger partial charge on any atom is -0.497 e. The number of nitrogens with zero attached hydrogens (tertiary/aromatic N) is 2. The summed E-state index contributed by atoms with van der Waals surface area (Å²) < 4.78 is 10.4. The van der Waals surface area contributed by atoms with Crippen molar-refractivity contribution in [2.45, 2.75) is 0 Å². The van der Waals surface area contributed by atoms with Crippen molar-refractivity contribution in [3.63, 3.8) is 0 Å². The van der Waals surface area contributed by atoms with Crippen molar-refractivity contribution in [2.24, 2.45) is 5.10 Å². The zero-order chi connectivity index (χ0) is 22.2. The molecule has 0 saturated heterocycles. The third-order valence-corrected chi connectivity index (χ3v) is 4.09. The van der Waals surface area contributed by atoms with Crippen molar-refractivity contribution in [1.29, 1.82) is 0 Å². The van der Waals surface area contributed by atoms with Crippen molar-refractivity contribution >= 4 is 23.8 Å². The van der Waals surface area contributed by atoms with Gasteiger partial charge in [-0.25, -0.2) is 10.2 Å². The number of non-ortho nitro benzene ring substituents is 1. The van der Waals surface area contributed by atoms with Crippen LogP contribution in [-0.4, -0.2) is 30.1 Å². The van der Waals surface area contributed by atoms with Gasteiger partial charge in [0.15, 0.2) is 0 Å². The molecule has 31 heavy (non-hydrogen) atoms. The molecule has 0 aliphatic carbocycles. The van der Waals surface area contributed by atoms with E-state index in [1.165, 1.54) is 31.5 Å². The van der Waals surface area contributed by atoms with Crippen LogP contribution in [0, 0.1) is 10.1 Å². The molecule has 1 N–H and O–H groups in total. The van der Waals surface area contributed by atoms with Crippen LogP contribution in [0.25, 0.3) is 0 Å². The first-order valence-corrected chi connectivity index (χ1v) is 9.00. The highest BCUT2D eigenvalue weighted by Gasteiger charge is 2.11. The second-order valence-electron chi connectivity index (χ2n) is 6.20. The van der Waals surface area contributed by atoms with E-state index in [4.69, 9.17) is 9.47 Å². The fourth-order valence-corrected chi connectivity index (χ4v) is 2.54. The van der Waals surface area contributed by atoms with Crippen LogP contribution in [0.3, 0.4) is 0 Å². The zero-order valence-corrected chi connectivity index (χ0v) is 16.3. The number of hydrogen-bond donors (Lipinski definition) is 1. The number of methoxy groups -OCH3 is 1. The summed E-state index contributed by atoms with van der Waals surface area (Å²) in [7, 11) is 1.53. The van der Waals surface area contributed by atoms with Crippen LogP contribution in [0.15, 0.2) is 77.9 Å². The molecular formula is C22H17N3O6. The van der Waals surface area contributed by atoms with E-state index in [1.54, 1.807) is 48.5 Å². The number of rotatable bonds is 7. The van der Waals surface area contributed by atoms with Gasteiger partial charge in [0, 0.05) is 17.7 Å². The van der Waals surface area contributed by atoms with Gasteiger partial charge in [0.25, 0.3) is 11.6 Å². The Balaban J connectivity index is 1.62. The normalized spacial score (nSPS) is 10.5. The Morgan fingerprint density at radius 1 is 0.968 bits per heavy atom. The Bertz CT molecular complexity index is 1140. The number of ether oxygens (including phenoxy) is 2. The molecule has 0 aromatic heterocycles. The van der Waals surface area contributed by atoms with Crippen LogP contribution < -0.4 is 14.9 Å². The summed E-state index contributed by atoms with van der Waals surface area (Å²) in [5, 5.41) is 14.6. The van der Waals surface area contributed by atoms with E-state index in [-0.39, 0.29) is 11.3 Å². The second kappa shape index (κ2) is 9.79. The summed E-state index contributed by atoms with van der Waals surface area (Å²) in [4.78, 5) is 34.6. The molecule has 9 nitrogen and oxygen atoms in total. The van der Waals surface area contributed by atoms with E-state index in [2.05, 4.69) is 10.5 Å². The summed E-state index contributed by atoms with van der Waals surface area (Å²) in [6.45, 7) is 0. The lowest BCUT2D eigenvalue weighted by molar-refractivity contribution is -0.384. The first-order chi connectivity index (χ1) is 15.0. The van der Waals surface area contributed by atoms with Gasteiger partial charge >= 0.3 is 5.97 Å². The minimum absolute atomic E-state index is 0.105. The average molecular weight is 419 g/mol. The van der Waals surface area contributed by atoms with Crippen molar-refractivity contribution in [1.82, 2.24) is 5.43 Å². The molecule has 3 aromatic carbocycles. The van der Waals surface area contributed by atoms with Gasteiger partial charge in [-0.05, 0) is 48.0 Å². The molecule has 0 fully saturated rings. The van der Waals surface area contributed by atoms with Crippen LogP contribution in [0.5, 0.6) is 11.5 Å². The van der Waals surface area contributed by atoms with Gasteiger partial charge < -0.3 is 9.47 Å². The third-order valence-electron chi connectivity index (χ3n) is 4.09. The predicted octanol–water partition coefficient (Wildman–Crippen LogP) is 3.59. The Hall–Kier alpha value is -4.53. The topological polar surface area (TPSA) is 120 Å². The standard InChI is InChI=1S/C22H17N3O6/c1-30-19-10-8-16(9-11-19)22(27)31-20-7-2-4-15(12-20)14-23-24-21(26)17-5-3-6-18(13-17)25(28)29/h2-14H,1H3,(H,24,26). The van der Waals surface area contributed by atoms with E-state index in [0.717, 1.165) is 6.07 Å². The molecule has 156 valence electrons. The Labute approximate surface area is 177 Å². The molecule has 1 amide bonds. The predicted molar refractivity (Wildman–Crippen MR) is 113 cm³/mol. The number of hydrogen-bond acceptors (Lipinski definition) is 7. The van der Waals surface area contributed by atoms with Crippen LogP contribution in [-0.2, 0) is 0 Å². The number of carbonyl (C=O) groups is 2. The maximum atomic E-state index is 12.3. The number of nitrogens with one attached hydrogen (secondary N) is 1. The quantitative estimate of drug-likeness (QED) is 0.205. The van der Waals surface area contributed by atoms with Gasteiger partial charge in [0.1, 0.15) is 11.5 Å². The number of benzene rings is 3. The summed E-state index contributed by atoms with van der Waals surface area (Å²) in [6.07, 6.45) is 1.36. The van der Waals surface area contributed by atoms with E-state index >= 15 is 0 Å². The van der Waals surface area contributed by atoms with E-state index in [1.807, 2.05) is 0 Å². The molecule has 9 heteroatoms. The maximum Gasteiger partial charge on any atom is 0.343 e.